The fourth-order valence-corrected chi connectivity index (χ4v) is 2.44. The summed E-state index contributed by atoms with van der Waals surface area (Å²) in [6, 6.07) is 7.25. The molecule has 0 unspecified atom stereocenters. The maximum absolute atomic E-state index is 4.55. The number of hydrogen-bond acceptors (Lipinski definition) is 2. The van der Waals surface area contributed by atoms with Crippen molar-refractivity contribution >= 4 is 0 Å². The monoisotopic (exact) mass is 255 g/mol. The van der Waals surface area contributed by atoms with Gasteiger partial charge in [-0.15, -0.1) is 0 Å². The molecule has 0 radical (unpaired) electrons. The Morgan fingerprint density at radius 3 is 2.74 bits per heavy atom. The fraction of sp³-hybridized carbons (Fsp3) is 0.438. The van der Waals surface area contributed by atoms with Gasteiger partial charge in [0.2, 0.25) is 0 Å². The van der Waals surface area contributed by atoms with Crippen LogP contribution in [0.3, 0.4) is 0 Å². The summed E-state index contributed by atoms with van der Waals surface area (Å²) in [7, 11) is 0. The van der Waals surface area contributed by atoms with Crippen LogP contribution in [-0.4, -0.2) is 15.8 Å². The maximum Gasteiger partial charge on any atom is 0.0678 e. The summed E-state index contributed by atoms with van der Waals surface area (Å²) in [6.45, 7) is 7.35. The molecule has 1 saturated carbocycles. The van der Waals surface area contributed by atoms with E-state index in [1.54, 1.807) is 0 Å². The van der Waals surface area contributed by atoms with Gasteiger partial charge in [0, 0.05) is 23.8 Å². The first kappa shape index (κ1) is 12.4. The van der Waals surface area contributed by atoms with Crippen LogP contribution in [0.5, 0.6) is 0 Å². The van der Waals surface area contributed by atoms with E-state index >= 15 is 0 Å². The SMILES string of the molecule is Cc1ccc(-n2ncc(CNC3CC3)c2C)c(C)c1. The Kier molecular flexibility index (Phi) is 3.15. The molecule has 1 aromatic heterocycles. The van der Waals surface area contributed by atoms with Crippen LogP contribution in [-0.2, 0) is 6.54 Å². The Bertz CT molecular complexity index is 594. The predicted molar refractivity (Wildman–Crippen MR) is 77.6 cm³/mol. The van der Waals surface area contributed by atoms with E-state index in [0.29, 0.717) is 0 Å². The lowest BCUT2D eigenvalue weighted by molar-refractivity contribution is 0.684. The average Bonchev–Trinajstić information content (AvgIpc) is 3.13. The van der Waals surface area contributed by atoms with Crippen LogP contribution in [0.15, 0.2) is 24.4 Å². The number of nitrogens with zero attached hydrogens (tertiary/aromatic N) is 2. The highest BCUT2D eigenvalue weighted by atomic mass is 15.3. The Balaban J connectivity index is 1.87. The Morgan fingerprint density at radius 1 is 1.26 bits per heavy atom. The highest BCUT2D eigenvalue weighted by Crippen LogP contribution is 2.21. The zero-order chi connectivity index (χ0) is 13.4. The second-order valence-electron chi connectivity index (χ2n) is 5.61. The summed E-state index contributed by atoms with van der Waals surface area (Å²) in [4.78, 5) is 0. The van der Waals surface area contributed by atoms with E-state index in [0.717, 1.165) is 12.6 Å². The summed E-state index contributed by atoms with van der Waals surface area (Å²) < 4.78 is 2.05. The summed E-state index contributed by atoms with van der Waals surface area (Å²) in [5.41, 5.74) is 6.28. The lowest BCUT2D eigenvalue weighted by atomic mass is 10.1. The fourth-order valence-electron chi connectivity index (χ4n) is 2.44. The van der Waals surface area contributed by atoms with Crippen molar-refractivity contribution in [3.8, 4) is 5.69 Å². The first-order valence-electron chi connectivity index (χ1n) is 6.99. The smallest absolute Gasteiger partial charge is 0.0678 e. The lowest BCUT2D eigenvalue weighted by Crippen LogP contribution is -2.15. The summed E-state index contributed by atoms with van der Waals surface area (Å²) in [6.07, 6.45) is 4.64. The third-order valence-electron chi connectivity index (χ3n) is 3.85. The largest absolute Gasteiger partial charge is 0.310 e. The molecule has 0 bridgehead atoms. The van der Waals surface area contributed by atoms with Crippen molar-refractivity contribution in [3.05, 3.63) is 46.8 Å². The van der Waals surface area contributed by atoms with Crippen molar-refractivity contribution in [3.63, 3.8) is 0 Å². The molecule has 1 aromatic carbocycles. The molecule has 1 aliphatic rings. The molecule has 0 saturated heterocycles. The van der Waals surface area contributed by atoms with E-state index < -0.39 is 0 Å². The summed E-state index contributed by atoms with van der Waals surface area (Å²) in [5.74, 6) is 0. The van der Waals surface area contributed by atoms with Gasteiger partial charge in [-0.05, 0) is 45.2 Å². The number of nitrogens with one attached hydrogen (secondary N) is 1. The highest BCUT2D eigenvalue weighted by molar-refractivity contribution is 5.43. The minimum Gasteiger partial charge on any atom is -0.310 e. The highest BCUT2D eigenvalue weighted by Gasteiger charge is 2.21. The van der Waals surface area contributed by atoms with Crippen molar-refractivity contribution in [2.45, 2.75) is 46.2 Å². The third kappa shape index (κ3) is 2.56. The van der Waals surface area contributed by atoms with Crippen LogP contribution in [0.1, 0.15) is 35.2 Å². The molecule has 100 valence electrons. The van der Waals surface area contributed by atoms with Gasteiger partial charge < -0.3 is 5.32 Å². The van der Waals surface area contributed by atoms with E-state index in [-0.39, 0.29) is 0 Å². The van der Waals surface area contributed by atoms with Gasteiger partial charge in [-0.2, -0.15) is 5.10 Å². The van der Waals surface area contributed by atoms with E-state index in [9.17, 15) is 0 Å². The molecule has 19 heavy (non-hydrogen) atoms. The number of hydrogen-bond donors (Lipinski definition) is 1. The molecule has 3 heteroatoms. The molecular formula is C16H21N3. The van der Waals surface area contributed by atoms with Crippen LogP contribution in [0, 0.1) is 20.8 Å². The lowest BCUT2D eigenvalue weighted by Gasteiger charge is -2.10. The molecular weight excluding hydrogens is 234 g/mol. The van der Waals surface area contributed by atoms with Crippen molar-refractivity contribution in [1.29, 1.82) is 0 Å². The Hall–Kier alpha value is -1.61. The molecule has 2 aromatic rings. The molecule has 1 fully saturated rings. The summed E-state index contributed by atoms with van der Waals surface area (Å²) in [5, 5.41) is 8.10. The van der Waals surface area contributed by atoms with Crippen molar-refractivity contribution in [1.82, 2.24) is 15.1 Å². The zero-order valence-electron chi connectivity index (χ0n) is 11.9. The predicted octanol–water partition coefficient (Wildman–Crippen LogP) is 3.05. The van der Waals surface area contributed by atoms with Gasteiger partial charge in [-0.1, -0.05) is 17.7 Å². The quantitative estimate of drug-likeness (QED) is 0.910. The number of benzene rings is 1. The van der Waals surface area contributed by atoms with Crippen LogP contribution >= 0.6 is 0 Å². The first-order chi connectivity index (χ1) is 9.15. The molecule has 1 aliphatic carbocycles. The second kappa shape index (κ2) is 4.82. The number of rotatable bonds is 4. The topological polar surface area (TPSA) is 29.9 Å². The van der Waals surface area contributed by atoms with Crippen molar-refractivity contribution in [2.75, 3.05) is 0 Å². The molecule has 3 nitrogen and oxygen atoms in total. The van der Waals surface area contributed by atoms with Gasteiger partial charge in [0.05, 0.1) is 11.9 Å². The van der Waals surface area contributed by atoms with Gasteiger partial charge in [-0.3, -0.25) is 0 Å². The molecule has 1 heterocycles. The van der Waals surface area contributed by atoms with Gasteiger partial charge in [0.25, 0.3) is 0 Å². The molecule has 0 aliphatic heterocycles. The average molecular weight is 255 g/mol. The molecule has 0 spiro atoms. The van der Waals surface area contributed by atoms with E-state index in [4.69, 9.17) is 0 Å². The first-order valence-corrected chi connectivity index (χ1v) is 6.99. The van der Waals surface area contributed by atoms with Crippen LogP contribution in [0.4, 0.5) is 0 Å². The van der Waals surface area contributed by atoms with Gasteiger partial charge in [0.1, 0.15) is 0 Å². The summed E-state index contributed by atoms with van der Waals surface area (Å²) >= 11 is 0. The van der Waals surface area contributed by atoms with Crippen LogP contribution in [0.25, 0.3) is 5.69 Å². The molecule has 1 N–H and O–H groups in total. The standard InChI is InChI=1S/C16H21N3/c1-11-4-7-16(12(2)8-11)19-13(3)14(10-18-19)9-17-15-5-6-15/h4,7-8,10,15,17H,5-6,9H2,1-3H3. The minimum atomic E-state index is 0.740. The van der Waals surface area contributed by atoms with Crippen molar-refractivity contribution in [2.24, 2.45) is 0 Å². The van der Waals surface area contributed by atoms with Crippen LogP contribution < -0.4 is 5.32 Å². The van der Waals surface area contributed by atoms with Gasteiger partial charge >= 0.3 is 0 Å². The van der Waals surface area contributed by atoms with Gasteiger partial charge in [0.15, 0.2) is 0 Å². The number of aromatic nitrogens is 2. The van der Waals surface area contributed by atoms with E-state index in [2.05, 4.69) is 54.1 Å². The van der Waals surface area contributed by atoms with Gasteiger partial charge in [-0.25, -0.2) is 4.68 Å². The van der Waals surface area contributed by atoms with E-state index in [1.807, 2.05) is 6.20 Å². The molecule has 0 amide bonds. The second-order valence-corrected chi connectivity index (χ2v) is 5.61. The molecule has 3 rings (SSSR count). The normalized spacial score (nSPS) is 14.9. The van der Waals surface area contributed by atoms with Crippen LogP contribution in [0.2, 0.25) is 0 Å². The Morgan fingerprint density at radius 2 is 2.05 bits per heavy atom. The third-order valence-corrected chi connectivity index (χ3v) is 3.85. The number of aryl methyl sites for hydroxylation is 2. The molecule has 0 atom stereocenters. The maximum atomic E-state index is 4.55. The van der Waals surface area contributed by atoms with E-state index in [1.165, 1.54) is 40.9 Å². The minimum absolute atomic E-state index is 0.740. The van der Waals surface area contributed by atoms with Crippen molar-refractivity contribution < 1.29 is 0 Å². The Labute approximate surface area is 114 Å². The zero-order valence-corrected chi connectivity index (χ0v) is 11.9.